The molecule has 0 bridgehead atoms. The first kappa shape index (κ1) is 18.5. The summed E-state index contributed by atoms with van der Waals surface area (Å²) in [4.78, 5) is 0. The Hall–Kier alpha value is -1.27. The summed E-state index contributed by atoms with van der Waals surface area (Å²) < 4.78 is 38.3. The quantitative estimate of drug-likeness (QED) is 0.725. The molecular weight excluding hydrogens is 338 g/mol. The van der Waals surface area contributed by atoms with E-state index in [0.29, 0.717) is 37.8 Å². The van der Waals surface area contributed by atoms with Crippen LogP contribution >= 0.6 is 0 Å². The minimum atomic E-state index is -3.17. The third-order valence-corrected chi connectivity index (χ3v) is 6.95. The zero-order valence-corrected chi connectivity index (χ0v) is 16.3. The van der Waals surface area contributed by atoms with Crippen molar-refractivity contribution in [3.05, 3.63) is 23.8 Å². The first-order chi connectivity index (χ1) is 11.8. The van der Waals surface area contributed by atoms with Gasteiger partial charge < -0.3 is 9.47 Å². The molecule has 2 heterocycles. The Bertz CT molecular complexity index is 706. The van der Waals surface area contributed by atoms with Crippen LogP contribution in [0.4, 0.5) is 0 Å². The lowest BCUT2D eigenvalue weighted by Gasteiger charge is -2.29. The Morgan fingerprint density at radius 3 is 2.72 bits per heavy atom. The van der Waals surface area contributed by atoms with Crippen LogP contribution in [0.2, 0.25) is 0 Å². The normalized spacial score (nSPS) is 20.9. The van der Waals surface area contributed by atoms with Gasteiger partial charge in [-0.1, -0.05) is 19.1 Å². The van der Waals surface area contributed by atoms with E-state index >= 15 is 0 Å². The number of para-hydroxylation sites is 1. The van der Waals surface area contributed by atoms with Crippen molar-refractivity contribution in [2.75, 3.05) is 25.4 Å². The number of ether oxygens (including phenoxy) is 2. The third-order valence-electron chi connectivity index (χ3n) is 5.00. The number of sulfonamides is 1. The molecule has 1 saturated heterocycles. The maximum absolute atomic E-state index is 12.4. The lowest BCUT2D eigenvalue weighted by atomic mass is 10.0. The van der Waals surface area contributed by atoms with E-state index in [1.165, 1.54) is 0 Å². The Morgan fingerprint density at radius 2 is 2.00 bits per heavy atom. The van der Waals surface area contributed by atoms with E-state index < -0.39 is 10.0 Å². The molecule has 5 nitrogen and oxygen atoms in total. The molecule has 0 N–H and O–H groups in total. The number of benzene rings is 1. The van der Waals surface area contributed by atoms with Crippen LogP contribution in [0.5, 0.6) is 11.5 Å². The fraction of sp³-hybridized carbons (Fsp3) is 0.684. The Morgan fingerprint density at radius 1 is 1.28 bits per heavy atom. The van der Waals surface area contributed by atoms with Gasteiger partial charge >= 0.3 is 0 Å². The predicted octanol–water partition coefficient (Wildman–Crippen LogP) is 3.23. The van der Waals surface area contributed by atoms with Crippen molar-refractivity contribution in [1.29, 1.82) is 0 Å². The smallest absolute Gasteiger partial charge is 0.214 e. The van der Waals surface area contributed by atoms with Gasteiger partial charge in [0, 0.05) is 25.1 Å². The van der Waals surface area contributed by atoms with Crippen molar-refractivity contribution in [1.82, 2.24) is 4.31 Å². The second-order valence-corrected chi connectivity index (χ2v) is 9.97. The van der Waals surface area contributed by atoms with Crippen LogP contribution < -0.4 is 9.47 Å². The zero-order valence-electron chi connectivity index (χ0n) is 15.5. The van der Waals surface area contributed by atoms with Crippen molar-refractivity contribution >= 4 is 10.0 Å². The highest BCUT2D eigenvalue weighted by atomic mass is 32.2. The van der Waals surface area contributed by atoms with E-state index in [1.54, 1.807) is 4.31 Å². The molecule has 3 rings (SSSR count). The van der Waals surface area contributed by atoms with Crippen molar-refractivity contribution in [3.8, 4) is 11.5 Å². The summed E-state index contributed by atoms with van der Waals surface area (Å²) in [5.41, 5.74) is 0.939. The molecule has 0 aromatic heterocycles. The molecular formula is C19H29NO4S. The van der Waals surface area contributed by atoms with Gasteiger partial charge in [0.2, 0.25) is 10.0 Å². The van der Waals surface area contributed by atoms with Crippen LogP contribution in [-0.2, 0) is 16.4 Å². The summed E-state index contributed by atoms with van der Waals surface area (Å²) in [7, 11) is -3.17. The van der Waals surface area contributed by atoms with Crippen molar-refractivity contribution in [2.45, 2.75) is 52.1 Å². The topological polar surface area (TPSA) is 55.8 Å². The fourth-order valence-electron chi connectivity index (χ4n) is 3.52. The van der Waals surface area contributed by atoms with Gasteiger partial charge in [-0.2, -0.15) is 0 Å². The van der Waals surface area contributed by atoms with E-state index in [9.17, 15) is 8.42 Å². The second-order valence-electron chi connectivity index (χ2n) is 7.88. The van der Waals surface area contributed by atoms with Gasteiger partial charge in [-0.3, -0.25) is 0 Å². The largest absolute Gasteiger partial charge is 0.490 e. The van der Waals surface area contributed by atoms with Crippen LogP contribution in [0, 0.1) is 5.92 Å². The van der Waals surface area contributed by atoms with Gasteiger partial charge in [-0.25, -0.2) is 12.7 Å². The molecule has 140 valence electrons. The van der Waals surface area contributed by atoms with Gasteiger partial charge in [0.05, 0.1) is 12.4 Å². The Kier molecular flexibility index (Phi) is 5.30. The summed E-state index contributed by atoms with van der Waals surface area (Å²) in [6.07, 6.45) is 3.26. The average Bonchev–Trinajstić information content (AvgIpc) is 2.86. The molecule has 6 heteroatoms. The standard InChI is InChI=1S/C19H29NO4S/c1-15-8-10-20(11-9-15)25(21,22)13-5-12-23-17-7-4-6-16-14-19(2,3)24-18(16)17/h4,6-7,15H,5,8-14H2,1-3H3. The highest BCUT2D eigenvalue weighted by Gasteiger charge is 2.32. The van der Waals surface area contributed by atoms with Crippen LogP contribution in [0.15, 0.2) is 18.2 Å². The van der Waals surface area contributed by atoms with E-state index in [1.807, 2.05) is 12.1 Å². The highest BCUT2D eigenvalue weighted by Crippen LogP contribution is 2.41. The maximum atomic E-state index is 12.4. The third kappa shape index (κ3) is 4.47. The fourth-order valence-corrected chi connectivity index (χ4v) is 5.02. The van der Waals surface area contributed by atoms with Crippen LogP contribution in [0.25, 0.3) is 0 Å². The molecule has 0 amide bonds. The molecule has 0 aliphatic carbocycles. The number of rotatable bonds is 6. The number of hydrogen-bond acceptors (Lipinski definition) is 4. The lowest BCUT2D eigenvalue weighted by Crippen LogP contribution is -2.39. The van der Waals surface area contributed by atoms with Gasteiger partial charge in [-0.05, 0) is 45.1 Å². The van der Waals surface area contributed by atoms with E-state index in [0.717, 1.165) is 30.6 Å². The monoisotopic (exact) mass is 367 g/mol. The molecule has 2 aliphatic rings. The van der Waals surface area contributed by atoms with Crippen molar-refractivity contribution in [2.24, 2.45) is 5.92 Å². The van der Waals surface area contributed by atoms with Gasteiger partial charge in [0.1, 0.15) is 5.60 Å². The molecule has 0 atom stereocenters. The molecule has 0 unspecified atom stereocenters. The van der Waals surface area contributed by atoms with Gasteiger partial charge in [-0.15, -0.1) is 0 Å². The summed E-state index contributed by atoms with van der Waals surface area (Å²) in [6.45, 7) is 7.98. The number of nitrogens with zero attached hydrogens (tertiary/aromatic N) is 1. The summed E-state index contributed by atoms with van der Waals surface area (Å²) in [5.74, 6) is 2.29. The summed E-state index contributed by atoms with van der Waals surface area (Å²) in [6, 6.07) is 5.91. The van der Waals surface area contributed by atoms with Crippen LogP contribution in [-0.4, -0.2) is 43.8 Å². The van der Waals surface area contributed by atoms with Gasteiger partial charge in [0.25, 0.3) is 0 Å². The molecule has 0 radical (unpaired) electrons. The molecule has 0 saturated carbocycles. The molecule has 1 aromatic rings. The number of fused-ring (bicyclic) bond motifs is 1. The molecule has 1 aromatic carbocycles. The van der Waals surface area contributed by atoms with Crippen molar-refractivity contribution < 1.29 is 17.9 Å². The van der Waals surface area contributed by atoms with Crippen molar-refractivity contribution in [3.63, 3.8) is 0 Å². The molecule has 1 fully saturated rings. The summed E-state index contributed by atoms with van der Waals surface area (Å²) >= 11 is 0. The zero-order chi connectivity index (χ0) is 18.1. The maximum Gasteiger partial charge on any atom is 0.214 e. The lowest BCUT2D eigenvalue weighted by molar-refractivity contribution is 0.132. The SMILES string of the molecule is CC1CCN(S(=O)(=O)CCCOc2cccc3c2OC(C)(C)C3)CC1. The molecule has 0 spiro atoms. The van der Waals surface area contributed by atoms with Crippen LogP contribution in [0.1, 0.15) is 45.6 Å². The average molecular weight is 368 g/mol. The predicted molar refractivity (Wildman–Crippen MR) is 98.7 cm³/mol. The Labute approximate surface area is 151 Å². The Balaban J connectivity index is 1.51. The number of hydrogen-bond donors (Lipinski definition) is 0. The second kappa shape index (κ2) is 7.16. The van der Waals surface area contributed by atoms with E-state index in [-0.39, 0.29) is 11.4 Å². The summed E-state index contributed by atoms with van der Waals surface area (Å²) in [5, 5.41) is 0. The molecule has 2 aliphatic heterocycles. The first-order valence-electron chi connectivity index (χ1n) is 9.18. The molecule has 25 heavy (non-hydrogen) atoms. The first-order valence-corrected chi connectivity index (χ1v) is 10.8. The number of piperidine rings is 1. The van der Waals surface area contributed by atoms with Gasteiger partial charge in [0.15, 0.2) is 11.5 Å². The minimum absolute atomic E-state index is 0.142. The highest BCUT2D eigenvalue weighted by molar-refractivity contribution is 7.89. The van der Waals surface area contributed by atoms with E-state index in [2.05, 4.69) is 26.8 Å². The van der Waals surface area contributed by atoms with Crippen LogP contribution in [0.3, 0.4) is 0 Å². The minimum Gasteiger partial charge on any atom is -0.490 e. The van der Waals surface area contributed by atoms with E-state index in [4.69, 9.17) is 9.47 Å².